The van der Waals surface area contributed by atoms with Crippen molar-refractivity contribution < 1.29 is 40.8 Å². The Morgan fingerprint density at radius 2 is 1.22 bits per heavy atom. The summed E-state index contributed by atoms with van der Waals surface area (Å²) in [6, 6.07) is 32.6. The largest absolute Gasteiger partial charge is 0.458 e. The van der Waals surface area contributed by atoms with Crippen molar-refractivity contribution >= 4 is 32.8 Å². The van der Waals surface area contributed by atoms with Gasteiger partial charge in [-0.2, -0.15) is 0 Å². The van der Waals surface area contributed by atoms with Gasteiger partial charge in [0.05, 0.1) is 44.4 Å². The molecule has 0 unspecified atom stereocenters. The zero-order valence-corrected chi connectivity index (χ0v) is 45.6. The first-order valence-electron chi connectivity index (χ1n) is 37.8. The number of rotatable bonds is 8. The smallest absolute Gasteiger partial charge is 0.269 e. The molecule has 3 aromatic heterocycles. The lowest BCUT2D eigenvalue weighted by Crippen LogP contribution is -2.32. The van der Waals surface area contributed by atoms with E-state index in [0.29, 0.717) is 55.9 Å². The summed E-state index contributed by atoms with van der Waals surface area (Å²) in [5.74, 6) is 0.821. The fourth-order valence-corrected chi connectivity index (χ4v) is 10.8. The average Bonchev–Trinajstić information content (AvgIpc) is 1.49. The van der Waals surface area contributed by atoms with E-state index in [1.165, 1.54) is 12.3 Å². The van der Waals surface area contributed by atoms with Crippen LogP contribution in [0.3, 0.4) is 0 Å². The molecule has 1 aliphatic carbocycles. The minimum absolute atomic E-state index is 0.0244. The van der Waals surface area contributed by atoms with Gasteiger partial charge in [-0.3, -0.25) is 13.7 Å². The highest BCUT2D eigenvalue weighted by molar-refractivity contribution is 6.09. The van der Waals surface area contributed by atoms with Gasteiger partial charge in [-0.05, 0) is 144 Å². The number of hydrogen-bond donors (Lipinski definition) is 0. The van der Waals surface area contributed by atoms with Gasteiger partial charge in [-0.15, -0.1) is 0 Å². The average molecular weight is 1060 g/mol. The van der Waals surface area contributed by atoms with Crippen LogP contribution in [0.4, 0.5) is 0 Å². The van der Waals surface area contributed by atoms with Gasteiger partial charge in [0.1, 0.15) is 17.3 Å². The molecule has 11 aromatic rings. The Bertz CT molecular complexity index is 5190. The topological polar surface area (TPSA) is 35.9 Å². The second-order valence-electron chi connectivity index (χ2n) is 23.9. The zero-order valence-electron chi connectivity index (χ0n) is 68.6. The summed E-state index contributed by atoms with van der Waals surface area (Å²) < 4.78 is 219. The molecule has 12 rings (SSSR count). The molecule has 0 bridgehead atoms. The Balaban J connectivity index is 1.10. The van der Waals surface area contributed by atoms with Crippen molar-refractivity contribution in [3.8, 4) is 62.1 Å². The monoisotopic (exact) mass is 1060 g/mol. The molecule has 0 spiro atoms. The first-order chi connectivity index (χ1) is 47.0. The number of hydrogen-bond acceptors (Lipinski definition) is 2. The molecule has 0 aliphatic heterocycles. The van der Waals surface area contributed by atoms with Gasteiger partial charge >= 0.3 is 0 Å². The SMILES string of the molecule is [2H]c1c([2H])c([2H])c(-c2cnc(-n3c4ccccc4c4ccc(Oc5cccc(-n6[c-][n+](-c7c(-c8cc(C(C)(C)C)cc(C(C)(C)C)c8)cc(C(C)(C)C)cc7-c7c([2H])c([2H])c8c(c7[2H])C(C([2H])([2H])[2H])(C([2H])([2H])[2H])CC8(C([2H])([2H])[2H])C([2H])([2H])[2H])c7ccccc76)c5)cc43)cc2C([2H])([2H])[2H])c([2H])c1[2H]. The fourth-order valence-electron chi connectivity index (χ4n) is 10.8. The Labute approximate surface area is 500 Å². The number of aromatic nitrogens is 4. The third kappa shape index (κ3) is 9.25. The molecule has 0 amide bonds. The highest BCUT2D eigenvalue weighted by atomic mass is 16.5. The maximum absolute atomic E-state index is 10.5. The number of imidazole rings is 1. The van der Waals surface area contributed by atoms with Gasteiger partial charge in [0.15, 0.2) is 0 Å². The summed E-state index contributed by atoms with van der Waals surface area (Å²) in [4.78, 5) is 4.72. The summed E-state index contributed by atoms with van der Waals surface area (Å²) >= 11 is 0. The summed E-state index contributed by atoms with van der Waals surface area (Å²) in [5, 5.41) is 1.53. The Hall–Kier alpha value is -8.02. The highest BCUT2D eigenvalue weighted by Gasteiger charge is 2.42. The van der Waals surface area contributed by atoms with Crippen molar-refractivity contribution in [3.63, 3.8) is 0 Å². The Kier molecular flexibility index (Phi) is 7.41. The van der Waals surface area contributed by atoms with Crippen molar-refractivity contribution in [2.75, 3.05) is 0 Å². The third-order valence-electron chi connectivity index (χ3n) is 15.0. The van der Waals surface area contributed by atoms with E-state index in [4.69, 9.17) is 37.1 Å². The molecular formula is C74H74N4O. The molecule has 0 fully saturated rings. The summed E-state index contributed by atoms with van der Waals surface area (Å²) in [6.45, 7) is 0.631. The molecule has 0 radical (unpaired) electrons. The maximum Gasteiger partial charge on any atom is 0.269 e. The van der Waals surface area contributed by atoms with E-state index in [0.717, 1.165) is 21.9 Å². The highest BCUT2D eigenvalue weighted by Crippen LogP contribution is 2.51. The molecule has 8 aromatic carbocycles. The van der Waals surface area contributed by atoms with Crippen LogP contribution in [0.15, 0.2) is 182 Å². The fraction of sp³-hybridized carbons (Fsp3) is 0.270. The second-order valence-corrected chi connectivity index (χ2v) is 23.9. The number of pyridine rings is 1. The molecule has 0 saturated carbocycles. The zero-order chi connectivity index (χ0) is 75.0. The van der Waals surface area contributed by atoms with Gasteiger partial charge in [0.25, 0.3) is 6.33 Å². The van der Waals surface area contributed by atoms with Crippen LogP contribution in [-0.2, 0) is 27.1 Å². The van der Waals surface area contributed by atoms with Crippen LogP contribution in [0, 0.1) is 13.2 Å². The number of fused-ring (bicyclic) bond motifs is 5. The van der Waals surface area contributed by atoms with Gasteiger partial charge in [-0.25, -0.2) is 4.98 Å². The van der Waals surface area contributed by atoms with E-state index in [1.54, 1.807) is 56.2 Å². The van der Waals surface area contributed by atoms with Gasteiger partial charge in [0, 0.05) is 49.2 Å². The predicted molar refractivity (Wildman–Crippen MR) is 330 cm³/mol. The summed E-state index contributed by atoms with van der Waals surface area (Å²) in [5.41, 5.74) is -4.91. The normalized spacial score (nSPS) is 19.4. The summed E-state index contributed by atoms with van der Waals surface area (Å²) in [7, 11) is 0. The van der Waals surface area contributed by atoms with E-state index in [-0.39, 0.29) is 33.8 Å². The lowest BCUT2D eigenvalue weighted by atomic mass is 9.77. The molecule has 0 saturated heterocycles. The van der Waals surface area contributed by atoms with Gasteiger partial charge in [0.2, 0.25) is 0 Å². The minimum Gasteiger partial charge on any atom is -0.458 e. The van der Waals surface area contributed by atoms with Crippen LogP contribution in [0.1, 0.15) is 161 Å². The van der Waals surface area contributed by atoms with E-state index < -0.39 is 133 Å². The van der Waals surface area contributed by atoms with E-state index >= 15 is 0 Å². The van der Waals surface area contributed by atoms with Crippen LogP contribution >= 0.6 is 0 Å². The standard InChI is InChI=1S/C74H74N4O/c1-47-35-68(75-44-61(47)48-23-16-15-17-24-48)78-64-28-19-18-27-57(64)58-33-32-56(43-67(58)78)79-55-26-22-25-54(42-55)76-46-77(66-30-21-20-29-65(66)76)69-59(49-31-34-62-63(38-49)74(13,14)45-73(62,11)12)40-53(72(8,9)10)41-60(69)50-36-51(70(2,3)4)39-52(37-50)71(5,6)7/h15-44H,45H2,1-14H3/i1D3,11D3,12D3,13D3,14D3,15D,16D,17D,23D,24D,31D,34D,38D. The van der Waals surface area contributed by atoms with Gasteiger partial charge < -0.3 is 4.74 Å². The van der Waals surface area contributed by atoms with Crippen LogP contribution in [-0.4, -0.2) is 14.1 Å². The third-order valence-corrected chi connectivity index (χ3v) is 15.0. The van der Waals surface area contributed by atoms with Crippen LogP contribution in [0.2, 0.25) is 0 Å². The molecule has 0 atom stereocenters. The number of para-hydroxylation sites is 3. The minimum atomic E-state index is -3.73. The Morgan fingerprint density at radius 1 is 0.570 bits per heavy atom. The number of ether oxygens (including phenoxy) is 1. The van der Waals surface area contributed by atoms with Crippen molar-refractivity contribution in [1.82, 2.24) is 14.1 Å². The molecule has 5 nitrogen and oxygen atoms in total. The summed E-state index contributed by atoms with van der Waals surface area (Å²) in [6.07, 6.45) is 3.26. The molecule has 3 heterocycles. The van der Waals surface area contributed by atoms with Crippen molar-refractivity contribution in [1.29, 1.82) is 0 Å². The van der Waals surface area contributed by atoms with Crippen molar-refractivity contribution in [2.24, 2.45) is 0 Å². The lowest BCUT2D eigenvalue weighted by molar-refractivity contribution is -0.571. The maximum atomic E-state index is 10.5. The number of benzene rings is 8. The second kappa shape index (κ2) is 18.5. The molecule has 0 N–H and O–H groups in total. The number of nitrogens with zero attached hydrogens (tertiary/aromatic N) is 4. The molecule has 1 aliphatic rings. The van der Waals surface area contributed by atoms with E-state index in [1.807, 2.05) is 93.6 Å². The van der Waals surface area contributed by atoms with Crippen LogP contribution in [0.5, 0.6) is 11.5 Å². The quantitative estimate of drug-likeness (QED) is 0.112. The Morgan fingerprint density at radius 3 is 1.92 bits per heavy atom. The van der Waals surface area contributed by atoms with E-state index in [2.05, 4.69) is 53.9 Å². The first kappa shape index (κ1) is 31.5. The van der Waals surface area contributed by atoms with E-state index in [9.17, 15) is 4.11 Å². The molecule has 79 heavy (non-hydrogen) atoms. The molecule has 396 valence electrons. The first-order valence-corrected chi connectivity index (χ1v) is 26.3. The van der Waals surface area contributed by atoms with Gasteiger partial charge in [-0.1, -0.05) is 217 Å². The van der Waals surface area contributed by atoms with Crippen molar-refractivity contribution in [3.05, 3.63) is 222 Å². The van der Waals surface area contributed by atoms with Crippen LogP contribution < -0.4 is 9.30 Å². The lowest BCUT2D eigenvalue weighted by Gasteiger charge is -2.29. The predicted octanol–water partition coefficient (Wildman–Crippen LogP) is 19.2. The van der Waals surface area contributed by atoms with Crippen molar-refractivity contribution in [2.45, 2.75) is 130 Å². The molecular weight excluding hydrogens is 961 g/mol. The van der Waals surface area contributed by atoms with Crippen LogP contribution in [0.25, 0.3) is 83.4 Å². The molecule has 5 heteroatoms. The number of aryl methyl sites for hydroxylation is 1.